The van der Waals surface area contributed by atoms with Gasteiger partial charge in [0, 0.05) is 13.1 Å². The number of benzene rings is 2. The Hall–Kier alpha value is -1.69. The molecule has 0 fully saturated rings. The van der Waals surface area contributed by atoms with Crippen molar-refractivity contribution in [2.45, 2.75) is 4.90 Å². The van der Waals surface area contributed by atoms with E-state index in [1.807, 2.05) is 30.3 Å². The summed E-state index contributed by atoms with van der Waals surface area (Å²) in [6.07, 6.45) is 0. The van der Waals surface area contributed by atoms with E-state index in [1.54, 1.807) is 24.3 Å². The average Bonchev–Trinajstić information content (AvgIpc) is 2.46. The molecule has 0 atom stereocenters. The van der Waals surface area contributed by atoms with Crippen molar-refractivity contribution in [2.24, 2.45) is 5.73 Å². The minimum atomic E-state index is -3.45. The van der Waals surface area contributed by atoms with Gasteiger partial charge in [-0.25, -0.2) is 13.1 Å². The lowest BCUT2D eigenvalue weighted by Gasteiger charge is -2.07. The Morgan fingerprint density at radius 1 is 0.895 bits per heavy atom. The third-order valence-electron chi connectivity index (χ3n) is 2.71. The molecule has 0 aromatic heterocycles. The molecule has 0 aliphatic heterocycles. The maximum Gasteiger partial charge on any atom is 0.240 e. The Morgan fingerprint density at radius 2 is 1.47 bits per heavy atom. The number of hydrogen-bond acceptors (Lipinski definition) is 3. The molecule has 19 heavy (non-hydrogen) atoms. The summed E-state index contributed by atoms with van der Waals surface area (Å²) >= 11 is 0. The Kier molecular flexibility index (Phi) is 4.31. The fraction of sp³-hybridized carbons (Fsp3) is 0.143. The summed E-state index contributed by atoms with van der Waals surface area (Å²) in [7, 11) is -3.45. The molecule has 0 heterocycles. The van der Waals surface area contributed by atoms with Crippen LogP contribution in [0.25, 0.3) is 11.1 Å². The minimum absolute atomic E-state index is 0.239. The van der Waals surface area contributed by atoms with Gasteiger partial charge in [0.15, 0.2) is 0 Å². The lowest BCUT2D eigenvalue weighted by molar-refractivity contribution is 0.582. The maximum absolute atomic E-state index is 11.9. The van der Waals surface area contributed by atoms with Crippen LogP contribution in [-0.4, -0.2) is 21.5 Å². The second-order valence-corrected chi connectivity index (χ2v) is 5.84. The highest BCUT2D eigenvalue weighted by Crippen LogP contribution is 2.20. The zero-order valence-corrected chi connectivity index (χ0v) is 11.2. The summed E-state index contributed by atoms with van der Waals surface area (Å²) in [5.41, 5.74) is 7.33. The maximum atomic E-state index is 11.9. The Labute approximate surface area is 113 Å². The summed E-state index contributed by atoms with van der Waals surface area (Å²) in [5, 5.41) is 0. The van der Waals surface area contributed by atoms with Crippen LogP contribution in [0, 0.1) is 0 Å². The van der Waals surface area contributed by atoms with Gasteiger partial charge in [-0.3, -0.25) is 0 Å². The van der Waals surface area contributed by atoms with E-state index in [1.165, 1.54) is 0 Å². The van der Waals surface area contributed by atoms with E-state index in [0.717, 1.165) is 11.1 Å². The third-order valence-corrected chi connectivity index (χ3v) is 4.19. The van der Waals surface area contributed by atoms with E-state index in [-0.39, 0.29) is 18.0 Å². The normalized spacial score (nSPS) is 11.4. The molecule has 0 aliphatic rings. The largest absolute Gasteiger partial charge is 0.329 e. The van der Waals surface area contributed by atoms with Gasteiger partial charge in [0.2, 0.25) is 10.0 Å². The van der Waals surface area contributed by atoms with E-state index in [0.29, 0.717) is 0 Å². The molecule has 2 rings (SSSR count). The molecular weight excluding hydrogens is 260 g/mol. The van der Waals surface area contributed by atoms with E-state index in [2.05, 4.69) is 4.72 Å². The fourth-order valence-corrected chi connectivity index (χ4v) is 2.78. The van der Waals surface area contributed by atoms with Gasteiger partial charge in [-0.15, -0.1) is 0 Å². The Morgan fingerprint density at radius 3 is 2.05 bits per heavy atom. The van der Waals surface area contributed by atoms with Crippen molar-refractivity contribution >= 4 is 10.0 Å². The molecule has 0 amide bonds. The second-order valence-electron chi connectivity index (χ2n) is 4.08. The SMILES string of the molecule is NCCNS(=O)(=O)c1ccc(-c2ccccc2)cc1. The monoisotopic (exact) mass is 276 g/mol. The molecule has 0 unspecified atom stereocenters. The van der Waals surface area contributed by atoms with Crippen LogP contribution in [0.3, 0.4) is 0 Å². The van der Waals surface area contributed by atoms with Gasteiger partial charge in [-0.1, -0.05) is 42.5 Å². The van der Waals surface area contributed by atoms with E-state index < -0.39 is 10.0 Å². The number of nitrogens with two attached hydrogens (primary N) is 1. The van der Waals surface area contributed by atoms with Crippen LogP contribution in [0.1, 0.15) is 0 Å². The molecule has 2 aromatic rings. The number of nitrogens with one attached hydrogen (secondary N) is 1. The Bertz CT molecular complexity index is 622. The highest BCUT2D eigenvalue weighted by atomic mass is 32.2. The van der Waals surface area contributed by atoms with Crippen molar-refractivity contribution in [3.63, 3.8) is 0 Å². The quantitative estimate of drug-likeness (QED) is 0.871. The molecule has 0 spiro atoms. The van der Waals surface area contributed by atoms with E-state index in [9.17, 15) is 8.42 Å². The molecule has 4 nitrogen and oxygen atoms in total. The predicted octanol–water partition coefficient (Wildman–Crippen LogP) is 1.59. The number of rotatable bonds is 5. The van der Waals surface area contributed by atoms with Gasteiger partial charge in [0.05, 0.1) is 4.90 Å². The summed E-state index contributed by atoms with van der Waals surface area (Å²) < 4.78 is 26.2. The molecule has 0 aliphatic carbocycles. The van der Waals surface area contributed by atoms with Gasteiger partial charge in [-0.2, -0.15) is 0 Å². The van der Waals surface area contributed by atoms with Crippen LogP contribution in [0.4, 0.5) is 0 Å². The molecule has 3 N–H and O–H groups in total. The predicted molar refractivity (Wildman–Crippen MR) is 76.1 cm³/mol. The number of hydrogen-bond donors (Lipinski definition) is 2. The van der Waals surface area contributed by atoms with Crippen LogP contribution in [-0.2, 0) is 10.0 Å². The summed E-state index contributed by atoms with van der Waals surface area (Å²) in [5.74, 6) is 0. The van der Waals surface area contributed by atoms with Crippen LogP contribution in [0.2, 0.25) is 0 Å². The van der Waals surface area contributed by atoms with Crippen LogP contribution < -0.4 is 10.5 Å². The minimum Gasteiger partial charge on any atom is -0.329 e. The third kappa shape index (κ3) is 3.41. The summed E-state index contributed by atoms with van der Waals surface area (Å²) in [6.45, 7) is 0.518. The zero-order chi connectivity index (χ0) is 13.7. The van der Waals surface area contributed by atoms with Crippen molar-refractivity contribution < 1.29 is 8.42 Å². The van der Waals surface area contributed by atoms with Gasteiger partial charge in [0.1, 0.15) is 0 Å². The summed E-state index contributed by atoms with van der Waals surface area (Å²) in [4.78, 5) is 0.251. The Balaban J connectivity index is 2.24. The van der Waals surface area contributed by atoms with Crippen LogP contribution in [0.15, 0.2) is 59.5 Å². The first-order valence-electron chi connectivity index (χ1n) is 5.99. The molecule has 0 bridgehead atoms. The molecule has 0 radical (unpaired) electrons. The van der Waals surface area contributed by atoms with E-state index >= 15 is 0 Å². The first kappa shape index (κ1) is 13.7. The first-order chi connectivity index (χ1) is 9.13. The van der Waals surface area contributed by atoms with Crippen molar-refractivity contribution in [2.75, 3.05) is 13.1 Å². The number of sulfonamides is 1. The van der Waals surface area contributed by atoms with Crippen molar-refractivity contribution in [3.8, 4) is 11.1 Å². The summed E-state index contributed by atoms with van der Waals surface area (Å²) in [6, 6.07) is 16.6. The molecule has 100 valence electrons. The van der Waals surface area contributed by atoms with Crippen LogP contribution >= 0.6 is 0 Å². The fourth-order valence-electron chi connectivity index (χ4n) is 1.73. The second kappa shape index (κ2) is 5.97. The van der Waals surface area contributed by atoms with E-state index in [4.69, 9.17) is 5.73 Å². The highest BCUT2D eigenvalue weighted by molar-refractivity contribution is 7.89. The molecular formula is C14H16N2O2S. The zero-order valence-electron chi connectivity index (χ0n) is 10.4. The topological polar surface area (TPSA) is 72.2 Å². The lowest BCUT2D eigenvalue weighted by Crippen LogP contribution is -2.29. The average molecular weight is 276 g/mol. The van der Waals surface area contributed by atoms with Crippen LogP contribution in [0.5, 0.6) is 0 Å². The molecule has 2 aromatic carbocycles. The van der Waals surface area contributed by atoms with Crippen molar-refractivity contribution in [3.05, 3.63) is 54.6 Å². The molecule has 5 heteroatoms. The highest BCUT2D eigenvalue weighted by Gasteiger charge is 2.12. The molecule has 0 saturated heterocycles. The van der Waals surface area contributed by atoms with Gasteiger partial charge < -0.3 is 5.73 Å². The lowest BCUT2D eigenvalue weighted by atomic mass is 10.1. The van der Waals surface area contributed by atoms with Gasteiger partial charge in [0.25, 0.3) is 0 Å². The smallest absolute Gasteiger partial charge is 0.240 e. The van der Waals surface area contributed by atoms with Gasteiger partial charge >= 0.3 is 0 Å². The standard InChI is InChI=1S/C14H16N2O2S/c15-10-11-16-19(17,18)14-8-6-13(7-9-14)12-4-2-1-3-5-12/h1-9,16H,10-11,15H2. The van der Waals surface area contributed by atoms with Gasteiger partial charge in [-0.05, 0) is 23.3 Å². The molecule has 0 saturated carbocycles. The van der Waals surface area contributed by atoms with Crippen molar-refractivity contribution in [1.82, 2.24) is 4.72 Å². The van der Waals surface area contributed by atoms with Crippen molar-refractivity contribution in [1.29, 1.82) is 0 Å². The first-order valence-corrected chi connectivity index (χ1v) is 7.47.